The zero-order valence-electron chi connectivity index (χ0n) is 10.8. The molecule has 0 spiro atoms. The molecule has 19 heavy (non-hydrogen) atoms. The number of piperidine rings is 1. The van der Waals surface area contributed by atoms with Gasteiger partial charge in [0.25, 0.3) is 5.69 Å². The summed E-state index contributed by atoms with van der Waals surface area (Å²) in [5.74, 6) is -0.584. The second-order valence-corrected chi connectivity index (χ2v) is 4.53. The van der Waals surface area contributed by atoms with Crippen molar-refractivity contribution >= 4 is 11.4 Å². The highest BCUT2D eigenvalue weighted by Gasteiger charge is 2.25. The molecule has 2 rings (SSSR count). The molecule has 1 aliphatic rings. The topological polar surface area (TPSA) is 55.6 Å². The zero-order valence-corrected chi connectivity index (χ0v) is 10.8. The molecule has 6 heteroatoms. The minimum atomic E-state index is -0.584. The Labute approximate surface area is 111 Å². The molecular weight excluding hydrogens is 251 g/mol. The molecule has 1 heterocycles. The number of rotatable bonds is 4. The van der Waals surface area contributed by atoms with Crippen LogP contribution in [0, 0.1) is 15.9 Å². The van der Waals surface area contributed by atoms with E-state index < -0.39 is 10.7 Å². The number of nitro benzene ring substituents is 1. The Morgan fingerprint density at radius 3 is 2.74 bits per heavy atom. The first kappa shape index (κ1) is 13.7. The molecule has 1 saturated heterocycles. The molecule has 104 valence electrons. The molecule has 0 bridgehead atoms. The Morgan fingerprint density at radius 2 is 2.16 bits per heavy atom. The quantitative estimate of drug-likeness (QED) is 0.622. The van der Waals surface area contributed by atoms with Crippen molar-refractivity contribution in [3.8, 4) is 0 Å². The van der Waals surface area contributed by atoms with Crippen LogP contribution in [0.15, 0.2) is 18.2 Å². The van der Waals surface area contributed by atoms with Gasteiger partial charge in [-0.25, -0.2) is 4.39 Å². The highest BCUT2D eigenvalue weighted by atomic mass is 19.1. The Morgan fingerprint density at radius 1 is 1.47 bits per heavy atom. The van der Waals surface area contributed by atoms with E-state index in [9.17, 15) is 14.5 Å². The summed E-state index contributed by atoms with van der Waals surface area (Å²) in [6.07, 6.45) is 1.89. The summed E-state index contributed by atoms with van der Waals surface area (Å²) in [6.45, 7) is 4.02. The van der Waals surface area contributed by atoms with Gasteiger partial charge in [0, 0.05) is 19.7 Å². The van der Waals surface area contributed by atoms with Gasteiger partial charge in [-0.3, -0.25) is 10.1 Å². The SMILES string of the molecule is CCOC1CCN(c2ccc(F)cc2[N+](=O)[O-])CC1. The summed E-state index contributed by atoms with van der Waals surface area (Å²) in [4.78, 5) is 12.4. The number of anilines is 1. The first-order chi connectivity index (χ1) is 9.11. The smallest absolute Gasteiger partial charge is 0.295 e. The minimum Gasteiger partial charge on any atom is -0.378 e. The minimum absolute atomic E-state index is 0.171. The monoisotopic (exact) mass is 268 g/mol. The van der Waals surface area contributed by atoms with Gasteiger partial charge in [-0.1, -0.05) is 0 Å². The molecule has 0 unspecified atom stereocenters. The standard InChI is InChI=1S/C13H17FN2O3/c1-2-19-11-5-7-15(8-6-11)12-4-3-10(14)9-13(12)16(17)18/h3-4,9,11H,2,5-8H2,1H3. The van der Waals surface area contributed by atoms with Crippen LogP contribution < -0.4 is 4.90 Å². The van der Waals surface area contributed by atoms with Crippen molar-refractivity contribution in [2.24, 2.45) is 0 Å². The first-order valence-electron chi connectivity index (χ1n) is 6.42. The molecular formula is C13H17FN2O3. The number of benzene rings is 1. The highest BCUT2D eigenvalue weighted by Crippen LogP contribution is 2.31. The Hall–Kier alpha value is -1.69. The lowest BCUT2D eigenvalue weighted by atomic mass is 10.1. The lowest BCUT2D eigenvalue weighted by molar-refractivity contribution is -0.384. The Balaban J connectivity index is 2.13. The lowest BCUT2D eigenvalue weighted by Crippen LogP contribution is -2.37. The third-order valence-electron chi connectivity index (χ3n) is 3.32. The van der Waals surface area contributed by atoms with Crippen LogP contribution >= 0.6 is 0 Å². The second kappa shape index (κ2) is 5.97. The van der Waals surface area contributed by atoms with E-state index in [1.165, 1.54) is 12.1 Å². The fourth-order valence-electron chi connectivity index (χ4n) is 2.41. The van der Waals surface area contributed by atoms with E-state index in [1.807, 2.05) is 11.8 Å². The van der Waals surface area contributed by atoms with E-state index in [1.54, 1.807) is 0 Å². The summed E-state index contributed by atoms with van der Waals surface area (Å²) in [5.41, 5.74) is 0.316. The van der Waals surface area contributed by atoms with Crippen molar-refractivity contribution in [1.82, 2.24) is 0 Å². The van der Waals surface area contributed by atoms with Gasteiger partial charge < -0.3 is 9.64 Å². The van der Waals surface area contributed by atoms with Crippen LogP contribution in [0.2, 0.25) is 0 Å². The van der Waals surface area contributed by atoms with Crippen molar-refractivity contribution in [2.45, 2.75) is 25.9 Å². The van der Waals surface area contributed by atoms with Crippen molar-refractivity contribution < 1.29 is 14.1 Å². The van der Waals surface area contributed by atoms with Crippen LogP contribution in [0.1, 0.15) is 19.8 Å². The number of ether oxygens (including phenoxy) is 1. The maximum atomic E-state index is 13.1. The van der Waals surface area contributed by atoms with Crippen molar-refractivity contribution in [2.75, 3.05) is 24.6 Å². The summed E-state index contributed by atoms with van der Waals surface area (Å²) in [5, 5.41) is 11.0. The van der Waals surface area contributed by atoms with Gasteiger partial charge >= 0.3 is 0 Å². The molecule has 0 aromatic heterocycles. The van der Waals surface area contributed by atoms with Gasteiger partial charge in [0.05, 0.1) is 17.1 Å². The van der Waals surface area contributed by atoms with E-state index >= 15 is 0 Å². The van der Waals surface area contributed by atoms with E-state index in [2.05, 4.69) is 0 Å². The largest absolute Gasteiger partial charge is 0.378 e. The van der Waals surface area contributed by atoms with Crippen LogP contribution in [0.25, 0.3) is 0 Å². The molecule has 1 aromatic rings. The summed E-state index contributed by atoms with van der Waals surface area (Å²) >= 11 is 0. The molecule has 0 atom stereocenters. The lowest BCUT2D eigenvalue weighted by Gasteiger charge is -2.33. The first-order valence-corrected chi connectivity index (χ1v) is 6.42. The Kier molecular flexibility index (Phi) is 4.31. The van der Waals surface area contributed by atoms with E-state index in [0.717, 1.165) is 18.9 Å². The molecule has 0 radical (unpaired) electrons. The van der Waals surface area contributed by atoms with Crippen LogP contribution in [0.4, 0.5) is 15.8 Å². The molecule has 1 fully saturated rings. The van der Waals surface area contributed by atoms with E-state index in [0.29, 0.717) is 25.4 Å². The average molecular weight is 268 g/mol. The summed E-state index contributed by atoms with van der Waals surface area (Å²) in [6, 6.07) is 3.72. The maximum Gasteiger partial charge on any atom is 0.295 e. The van der Waals surface area contributed by atoms with Crippen molar-refractivity contribution in [1.29, 1.82) is 0 Å². The van der Waals surface area contributed by atoms with Gasteiger partial charge in [0.1, 0.15) is 11.5 Å². The van der Waals surface area contributed by atoms with Crippen molar-refractivity contribution in [3.63, 3.8) is 0 Å². The molecule has 0 saturated carbocycles. The Bertz CT molecular complexity index is 459. The predicted octanol–water partition coefficient (Wildman–Crippen LogP) is 2.74. The number of nitrogens with zero attached hydrogens (tertiary/aromatic N) is 2. The number of nitro groups is 1. The average Bonchev–Trinajstić information content (AvgIpc) is 2.40. The van der Waals surface area contributed by atoms with Crippen LogP contribution in [-0.2, 0) is 4.74 Å². The van der Waals surface area contributed by atoms with Gasteiger partial charge in [0.2, 0.25) is 0 Å². The second-order valence-electron chi connectivity index (χ2n) is 4.53. The third-order valence-corrected chi connectivity index (χ3v) is 3.32. The molecule has 5 nitrogen and oxygen atoms in total. The molecule has 0 aliphatic carbocycles. The van der Waals surface area contributed by atoms with Gasteiger partial charge in [-0.15, -0.1) is 0 Å². The summed E-state index contributed by atoms with van der Waals surface area (Å²) in [7, 11) is 0. The van der Waals surface area contributed by atoms with Crippen molar-refractivity contribution in [3.05, 3.63) is 34.1 Å². The molecule has 0 N–H and O–H groups in total. The fraction of sp³-hybridized carbons (Fsp3) is 0.538. The van der Waals surface area contributed by atoms with Gasteiger partial charge in [-0.2, -0.15) is 0 Å². The van der Waals surface area contributed by atoms with Crippen LogP contribution in [0.5, 0.6) is 0 Å². The fourth-order valence-corrected chi connectivity index (χ4v) is 2.41. The van der Waals surface area contributed by atoms with Gasteiger partial charge in [0.15, 0.2) is 0 Å². The number of hydrogen-bond donors (Lipinski definition) is 0. The maximum absolute atomic E-state index is 13.1. The van der Waals surface area contributed by atoms with E-state index in [4.69, 9.17) is 4.74 Å². The predicted molar refractivity (Wildman–Crippen MR) is 69.9 cm³/mol. The molecule has 1 aromatic carbocycles. The molecule has 0 amide bonds. The van der Waals surface area contributed by atoms with Crippen LogP contribution in [0.3, 0.4) is 0 Å². The summed E-state index contributed by atoms with van der Waals surface area (Å²) < 4.78 is 18.6. The zero-order chi connectivity index (χ0) is 13.8. The van der Waals surface area contributed by atoms with E-state index in [-0.39, 0.29) is 11.8 Å². The highest BCUT2D eigenvalue weighted by molar-refractivity contribution is 5.63. The number of halogens is 1. The third kappa shape index (κ3) is 3.20. The number of hydrogen-bond acceptors (Lipinski definition) is 4. The molecule has 1 aliphatic heterocycles. The normalized spacial score (nSPS) is 16.6. The van der Waals surface area contributed by atoms with Crippen LogP contribution in [-0.4, -0.2) is 30.7 Å². The van der Waals surface area contributed by atoms with Gasteiger partial charge in [-0.05, 0) is 31.9 Å².